The van der Waals surface area contributed by atoms with E-state index >= 15 is 0 Å². The lowest BCUT2D eigenvalue weighted by Gasteiger charge is -2.42. The number of aromatic nitrogens is 2. The van der Waals surface area contributed by atoms with Gasteiger partial charge in [0.05, 0.1) is 19.3 Å². The van der Waals surface area contributed by atoms with Crippen LogP contribution in [0.1, 0.15) is 23.6 Å². The zero-order chi connectivity index (χ0) is 16.4. The van der Waals surface area contributed by atoms with Crippen molar-refractivity contribution in [3.63, 3.8) is 0 Å². The van der Waals surface area contributed by atoms with Crippen molar-refractivity contribution in [3.8, 4) is 0 Å². The second-order valence-electron chi connectivity index (χ2n) is 5.98. The standard InChI is InChI=1S/C17H19IN2O3/c1-11-8-20(17(22)19-16(11)21)15-13(7-14(15)18)10-23-9-12-5-3-2-4-6-12/h2-6,8,13-15H,7,9-10H2,1H3,(H,19,21,22)/t13-,14+,15+/m1/s1. The molecule has 0 spiro atoms. The number of ether oxygens (including phenoxy) is 1. The van der Waals surface area contributed by atoms with Crippen LogP contribution in [-0.4, -0.2) is 20.1 Å². The summed E-state index contributed by atoms with van der Waals surface area (Å²) in [5.74, 6) is 0.295. The second kappa shape index (κ2) is 7.00. The van der Waals surface area contributed by atoms with Crippen LogP contribution in [0.5, 0.6) is 0 Å². The molecule has 1 aliphatic carbocycles. The molecule has 0 unspecified atom stereocenters. The Balaban J connectivity index is 1.67. The smallest absolute Gasteiger partial charge is 0.328 e. The van der Waals surface area contributed by atoms with Gasteiger partial charge in [0.2, 0.25) is 0 Å². The highest BCUT2D eigenvalue weighted by Crippen LogP contribution is 2.43. The first-order valence-corrected chi connectivity index (χ1v) is 8.88. The third-order valence-corrected chi connectivity index (χ3v) is 5.54. The Kier molecular flexibility index (Phi) is 5.01. The molecule has 6 heteroatoms. The summed E-state index contributed by atoms with van der Waals surface area (Å²) in [4.78, 5) is 26.0. The summed E-state index contributed by atoms with van der Waals surface area (Å²) in [5, 5.41) is 0. The SMILES string of the molecule is Cc1cn([C@H]2[C@@H](COCc3ccccc3)C[C@@H]2I)c(=O)[nH]c1=O. The van der Waals surface area contributed by atoms with E-state index in [1.54, 1.807) is 17.7 Å². The van der Waals surface area contributed by atoms with Crippen molar-refractivity contribution >= 4 is 22.6 Å². The Hall–Kier alpha value is -1.41. The fourth-order valence-corrected chi connectivity index (χ4v) is 4.53. The van der Waals surface area contributed by atoms with Crippen molar-refractivity contribution in [3.05, 3.63) is 68.5 Å². The number of nitrogens with zero attached hydrogens (tertiary/aromatic N) is 1. The first-order chi connectivity index (χ1) is 11.1. The molecular formula is C17H19IN2O3. The number of hydrogen-bond acceptors (Lipinski definition) is 3. The number of aromatic amines is 1. The van der Waals surface area contributed by atoms with Crippen LogP contribution in [0.3, 0.4) is 0 Å². The third-order valence-electron chi connectivity index (χ3n) is 4.29. The topological polar surface area (TPSA) is 64.1 Å². The number of nitrogens with one attached hydrogen (secondary N) is 1. The highest BCUT2D eigenvalue weighted by Gasteiger charge is 2.41. The van der Waals surface area contributed by atoms with Crippen molar-refractivity contribution in [1.82, 2.24) is 9.55 Å². The zero-order valence-corrected chi connectivity index (χ0v) is 15.0. The zero-order valence-electron chi connectivity index (χ0n) is 12.9. The number of rotatable bonds is 5. The summed E-state index contributed by atoms with van der Waals surface area (Å²) in [6, 6.07) is 10.1. The molecule has 1 aromatic carbocycles. The van der Waals surface area contributed by atoms with Gasteiger partial charge in [0.15, 0.2) is 0 Å². The predicted octanol–water partition coefficient (Wildman–Crippen LogP) is 2.43. The summed E-state index contributed by atoms with van der Waals surface area (Å²) < 4.78 is 7.86. The fraction of sp³-hybridized carbons (Fsp3) is 0.412. The molecule has 5 nitrogen and oxygen atoms in total. The number of halogens is 1. The van der Waals surface area contributed by atoms with E-state index in [9.17, 15) is 9.59 Å². The van der Waals surface area contributed by atoms with Gasteiger partial charge in [0, 0.05) is 21.6 Å². The molecule has 0 saturated heterocycles. The molecule has 0 aliphatic heterocycles. The van der Waals surface area contributed by atoms with E-state index in [0.29, 0.717) is 28.6 Å². The van der Waals surface area contributed by atoms with Crippen LogP contribution in [0.25, 0.3) is 0 Å². The Morgan fingerprint density at radius 3 is 2.74 bits per heavy atom. The molecule has 0 bridgehead atoms. The Bertz CT molecular complexity index is 784. The summed E-state index contributed by atoms with van der Waals surface area (Å²) in [7, 11) is 0. The van der Waals surface area contributed by atoms with E-state index in [1.807, 2.05) is 30.3 Å². The first-order valence-electron chi connectivity index (χ1n) is 7.64. The van der Waals surface area contributed by atoms with Crippen molar-refractivity contribution < 1.29 is 4.74 Å². The highest BCUT2D eigenvalue weighted by molar-refractivity contribution is 14.1. The van der Waals surface area contributed by atoms with Crippen LogP contribution >= 0.6 is 22.6 Å². The van der Waals surface area contributed by atoms with Gasteiger partial charge in [-0.05, 0) is 18.9 Å². The van der Waals surface area contributed by atoms with E-state index in [0.717, 1.165) is 12.0 Å². The summed E-state index contributed by atoms with van der Waals surface area (Å²) in [6.07, 6.45) is 2.69. The molecule has 1 N–H and O–H groups in total. The molecule has 0 radical (unpaired) electrons. The second-order valence-corrected chi connectivity index (χ2v) is 7.58. The normalized spacial score (nSPS) is 23.5. The molecule has 1 aromatic heterocycles. The first kappa shape index (κ1) is 16.4. The van der Waals surface area contributed by atoms with Gasteiger partial charge >= 0.3 is 5.69 Å². The van der Waals surface area contributed by atoms with Crippen LogP contribution in [0.4, 0.5) is 0 Å². The van der Waals surface area contributed by atoms with Gasteiger partial charge in [-0.25, -0.2) is 4.79 Å². The van der Waals surface area contributed by atoms with Crippen LogP contribution in [0, 0.1) is 12.8 Å². The molecule has 3 rings (SSSR count). The largest absolute Gasteiger partial charge is 0.376 e. The molecule has 0 amide bonds. The lowest BCUT2D eigenvalue weighted by atomic mass is 9.79. The van der Waals surface area contributed by atoms with E-state index in [1.165, 1.54) is 0 Å². The molecule has 1 fully saturated rings. The molecule has 122 valence electrons. The van der Waals surface area contributed by atoms with Gasteiger partial charge in [-0.15, -0.1) is 0 Å². The molecule has 2 aromatic rings. The van der Waals surface area contributed by atoms with Crippen molar-refractivity contribution in [2.75, 3.05) is 6.61 Å². The molecule has 1 aliphatic rings. The Morgan fingerprint density at radius 2 is 2.04 bits per heavy atom. The monoisotopic (exact) mass is 426 g/mol. The molecule has 1 saturated carbocycles. The number of H-pyrrole nitrogens is 1. The minimum atomic E-state index is -0.333. The third kappa shape index (κ3) is 3.58. The van der Waals surface area contributed by atoms with Gasteiger partial charge in [-0.3, -0.25) is 14.3 Å². The minimum Gasteiger partial charge on any atom is -0.376 e. The van der Waals surface area contributed by atoms with Crippen molar-refractivity contribution in [2.24, 2.45) is 5.92 Å². The molecule has 23 heavy (non-hydrogen) atoms. The van der Waals surface area contributed by atoms with E-state index in [-0.39, 0.29) is 17.3 Å². The number of alkyl halides is 1. The predicted molar refractivity (Wildman–Crippen MR) is 97.1 cm³/mol. The lowest BCUT2D eigenvalue weighted by Crippen LogP contribution is -2.47. The summed E-state index contributed by atoms with van der Waals surface area (Å²) in [6.45, 7) is 2.91. The van der Waals surface area contributed by atoms with Gasteiger partial charge in [-0.2, -0.15) is 0 Å². The minimum absolute atomic E-state index is 0.0782. The van der Waals surface area contributed by atoms with Crippen LogP contribution in [-0.2, 0) is 11.3 Å². The van der Waals surface area contributed by atoms with Crippen LogP contribution < -0.4 is 11.2 Å². The average Bonchev–Trinajstić information content (AvgIpc) is 2.52. The van der Waals surface area contributed by atoms with Crippen molar-refractivity contribution in [1.29, 1.82) is 0 Å². The van der Waals surface area contributed by atoms with Gasteiger partial charge < -0.3 is 4.74 Å². The van der Waals surface area contributed by atoms with Gasteiger partial charge in [0.1, 0.15) is 0 Å². The van der Waals surface area contributed by atoms with Crippen molar-refractivity contribution in [2.45, 2.75) is 29.9 Å². The molecular weight excluding hydrogens is 407 g/mol. The number of benzene rings is 1. The Labute approximate surface area is 147 Å². The van der Waals surface area contributed by atoms with Crippen LogP contribution in [0.2, 0.25) is 0 Å². The van der Waals surface area contributed by atoms with E-state index < -0.39 is 0 Å². The summed E-state index contributed by atoms with van der Waals surface area (Å²) >= 11 is 2.37. The van der Waals surface area contributed by atoms with Gasteiger partial charge in [0.25, 0.3) is 5.56 Å². The fourth-order valence-electron chi connectivity index (χ4n) is 2.95. The maximum absolute atomic E-state index is 12.1. The van der Waals surface area contributed by atoms with E-state index in [4.69, 9.17) is 4.74 Å². The number of hydrogen-bond donors (Lipinski definition) is 1. The number of aryl methyl sites for hydroxylation is 1. The maximum atomic E-state index is 12.1. The average molecular weight is 426 g/mol. The van der Waals surface area contributed by atoms with Gasteiger partial charge in [-0.1, -0.05) is 52.9 Å². The Morgan fingerprint density at radius 1 is 1.30 bits per heavy atom. The lowest BCUT2D eigenvalue weighted by molar-refractivity contribution is 0.0333. The quantitative estimate of drug-likeness (QED) is 0.590. The molecule has 3 atom stereocenters. The van der Waals surface area contributed by atoms with E-state index in [2.05, 4.69) is 27.6 Å². The molecule has 1 heterocycles. The highest BCUT2D eigenvalue weighted by atomic mass is 127. The maximum Gasteiger partial charge on any atom is 0.328 e. The van der Waals surface area contributed by atoms with Crippen LogP contribution in [0.15, 0.2) is 46.1 Å². The summed E-state index contributed by atoms with van der Waals surface area (Å²) in [5.41, 5.74) is 1.06.